The lowest BCUT2D eigenvalue weighted by Crippen LogP contribution is -2.25. The lowest BCUT2D eigenvalue weighted by atomic mass is 10.1. The zero-order valence-corrected chi connectivity index (χ0v) is 16.6. The number of hydrogen-bond donors (Lipinski definition) is 2. The molecule has 3 N–H and O–H groups in total. The van der Waals surface area contributed by atoms with Crippen LogP contribution in [0.25, 0.3) is 10.9 Å². The first-order chi connectivity index (χ1) is 14.7. The van der Waals surface area contributed by atoms with Gasteiger partial charge >= 0.3 is 13.5 Å². The van der Waals surface area contributed by atoms with E-state index in [9.17, 15) is 36.4 Å². The Bertz CT molecular complexity index is 1000. The summed E-state index contributed by atoms with van der Waals surface area (Å²) in [5, 5.41) is 9.09. The fraction of sp³-hybridized carbons (Fsp3) is 0.444. The number of nitrogens with two attached hydrogens (primary N) is 1. The highest BCUT2D eigenvalue weighted by Gasteiger charge is 2.29. The molecular weight excluding hydrogens is 428 g/mol. The van der Waals surface area contributed by atoms with Crippen molar-refractivity contribution in [1.29, 1.82) is 0 Å². The van der Waals surface area contributed by atoms with Gasteiger partial charge in [-0.1, -0.05) is 0 Å². The predicted octanol–water partition coefficient (Wildman–Crippen LogP) is 2.48. The second-order valence-electron chi connectivity index (χ2n) is 6.78. The quantitative estimate of drug-likeness (QED) is 0.520. The molecular formula is C18H21BF5N3O4. The van der Waals surface area contributed by atoms with Crippen molar-refractivity contribution in [3.05, 3.63) is 33.9 Å². The molecule has 1 saturated heterocycles. The number of carboxylic acids is 1. The maximum Gasteiger partial charge on any atom is 0.762 e. The van der Waals surface area contributed by atoms with Crippen LogP contribution in [0.3, 0.4) is 0 Å². The number of alkyl halides is 1. The first kappa shape index (κ1) is 24.4. The van der Waals surface area contributed by atoms with Crippen LogP contribution in [0.2, 0.25) is 0 Å². The van der Waals surface area contributed by atoms with E-state index in [1.807, 2.05) is 0 Å². The number of nitrogens with zero attached hydrogens (tertiary/aromatic N) is 2. The molecule has 0 radical (unpaired) electrons. The highest BCUT2D eigenvalue weighted by atomic mass is 19.4. The van der Waals surface area contributed by atoms with E-state index in [0.29, 0.717) is 19.6 Å². The average Bonchev–Trinajstić information content (AvgIpc) is 3.17. The predicted molar refractivity (Wildman–Crippen MR) is 106 cm³/mol. The molecule has 2 heterocycles. The van der Waals surface area contributed by atoms with Crippen molar-refractivity contribution in [3.8, 4) is 5.75 Å². The minimum Gasteiger partial charge on any atom is -0.492 e. The maximum atomic E-state index is 15.0. The van der Waals surface area contributed by atoms with Crippen LogP contribution < -0.4 is 20.8 Å². The Kier molecular flexibility index (Phi) is 8.25. The van der Waals surface area contributed by atoms with Crippen molar-refractivity contribution < 1.29 is 36.4 Å². The average molecular weight is 449 g/mol. The van der Waals surface area contributed by atoms with E-state index >= 15 is 0 Å². The molecule has 0 amide bonds. The summed E-state index contributed by atoms with van der Waals surface area (Å²) in [7, 11) is -2.33. The van der Waals surface area contributed by atoms with Crippen molar-refractivity contribution in [2.45, 2.75) is 13.0 Å². The molecule has 31 heavy (non-hydrogen) atoms. The summed E-state index contributed by atoms with van der Waals surface area (Å²) < 4.78 is 63.7. The number of hydrogen-bond acceptors (Lipinski definition) is 5. The SMILES string of the molecule is COc1c(N2CCC(CN)C2)c(F)cc2c(=O)c(C(=O)O)cn(CCF)c12.FB(F)F. The highest BCUT2D eigenvalue weighted by molar-refractivity contribution is 6.33. The Hall–Kier alpha value is -2.83. The van der Waals surface area contributed by atoms with E-state index in [-0.39, 0.29) is 34.8 Å². The van der Waals surface area contributed by atoms with Crippen LogP contribution in [0.5, 0.6) is 5.75 Å². The van der Waals surface area contributed by atoms with Gasteiger partial charge in [-0.3, -0.25) is 17.7 Å². The van der Waals surface area contributed by atoms with Gasteiger partial charge < -0.3 is 25.0 Å². The fourth-order valence-corrected chi connectivity index (χ4v) is 3.62. The number of carbonyl (C=O) groups is 1. The maximum absolute atomic E-state index is 15.0. The molecule has 2 aromatic rings. The smallest absolute Gasteiger partial charge is 0.492 e. The largest absolute Gasteiger partial charge is 0.762 e. The molecule has 1 fully saturated rings. The highest BCUT2D eigenvalue weighted by Crippen LogP contribution is 2.40. The molecule has 170 valence electrons. The summed E-state index contributed by atoms with van der Waals surface area (Å²) in [5.74, 6) is -1.84. The van der Waals surface area contributed by atoms with Crippen LogP contribution in [-0.4, -0.2) is 56.6 Å². The van der Waals surface area contributed by atoms with E-state index in [4.69, 9.17) is 10.5 Å². The number of fused-ring (bicyclic) bond motifs is 1. The summed E-state index contributed by atoms with van der Waals surface area (Å²) in [6.07, 6.45) is 1.87. The molecule has 0 aliphatic carbocycles. The summed E-state index contributed by atoms with van der Waals surface area (Å²) in [4.78, 5) is 25.7. The third-order valence-corrected chi connectivity index (χ3v) is 4.94. The standard InChI is InChI=1S/C18H21F2N3O4.BF3/c1-27-17-14-11(16(24)12(18(25)26)9-23(14)5-3-19)6-13(20)15(17)22-4-2-10(7-21)8-22;2-1(3)4/h6,9-10H,2-5,7-8,21H2,1H3,(H,25,26);. The van der Waals surface area contributed by atoms with Crippen molar-refractivity contribution in [3.63, 3.8) is 0 Å². The minimum absolute atomic E-state index is 0.0881. The molecule has 0 bridgehead atoms. The van der Waals surface area contributed by atoms with Gasteiger partial charge in [-0.05, 0) is 24.9 Å². The minimum atomic E-state index is -3.67. The first-order valence-electron chi connectivity index (χ1n) is 9.26. The van der Waals surface area contributed by atoms with Crippen LogP contribution in [0.15, 0.2) is 17.1 Å². The number of benzene rings is 1. The number of aromatic nitrogens is 1. The summed E-state index contributed by atoms with van der Waals surface area (Å²) in [6.45, 7) is 0.607. The van der Waals surface area contributed by atoms with Gasteiger partial charge in [-0.2, -0.15) is 0 Å². The number of anilines is 1. The molecule has 13 heteroatoms. The number of halogens is 5. The molecule has 3 rings (SSSR count). The number of aromatic carboxylic acids is 1. The molecule has 1 aromatic heterocycles. The van der Waals surface area contributed by atoms with Gasteiger partial charge in [0.25, 0.3) is 0 Å². The molecule has 0 saturated carbocycles. The number of rotatable bonds is 6. The zero-order chi connectivity index (χ0) is 23.3. The Morgan fingerprint density at radius 1 is 1.39 bits per heavy atom. The summed E-state index contributed by atoms with van der Waals surface area (Å²) in [6, 6.07) is 1.01. The number of pyridine rings is 1. The van der Waals surface area contributed by atoms with Gasteiger partial charge in [-0.15, -0.1) is 0 Å². The molecule has 1 unspecified atom stereocenters. The summed E-state index contributed by atoms with van der Waals surface area (Å²) >= 11 is 0. The van der Waals surface area contributed by atoms with Crippen LogP contribution in [0, 0.1) is 11.7 Å². The second-order valence-corrected chi connectivity index (χ2v) is 6.78. The van der Waals surface area contributed by atoms with Crippen LogP contribution in [0.1, 0.15) is 16.8 Å². The van der Waals surface area contributed by atoms with Crippen LogP contribution >= 0.6 is 0 Å². The monoisotopic (exact) mass is 449 g/mol. The van der Waals surface area contributed by atoms with Crippen molar-refractivity contribution in [2.75, 3.05) is 38.3 Å². The van der Waals surface area contributed by atoms with Gasteiger partial charge in [0.1, 0.15) is 17.9 Å². The third-order valence-electron chi connectivity index (χ3n) is 4.94. The Morgan fingerprint density at radius 2 is 2.03 bits per heavy atom. The van der Waals surface area contributed by atoms with E-state index in [1.165, 1.54) is 11.7 Å². The molecule has 1 aromatic carbocycles. The Labute approximate surface area is 174 Å². The van der Waals surface area contributed by atoms with Gasteiger partial charge in [0.15, 0.2) is 11.6 Å². The fourth-order valence-electron chi connectivity index (χ4n) is 3.62. The van der Waals surface area contributed by atoms with E-state index in [2.05, 4.69) is 0 Å². The van der Waals surface area contributed by atoms with E-state index < -0.39 is 37.0 Å². The number of ether oxygens (including phenoxy) is 1. The van der Waals surface area contributed by atoms with Crippen molar-refractivity contribution in [1.82, 2.24) is 4.57 Å². The Morgan fingerprint density at radius 3 is 2.52 bits per heavy atom. The molecule has 1 atom stereocenters. The third kappa shape index (κ3) is 5.27. The second kappa shape index (κ2) is 10.5. The van der Waals surface area contributed by atoms with Crippen LogP contribution in [-0.2, 0) is 6.54 Å². The van der Waals surface area contributed by atoms with E-state index in [0.717, 1.165) is 18.7 Å². The number of aryl methyl sites for hydroxylation is 1. The number of carboxylic acid groups (broad SMARTS) is 1. The number of methoxy groups -OCH3 is 1. The molecule has 1 aliphatic rings. The topological polar surface area (TPSA) is 97.8 Å². The van der Waals surface area contributed by atoms with Crippen molar-refractivity contribution in [2.24, 2.45) is 11.7 Å². The Balaban J connectivity index is 0.000000785. The molecule has 7 nitrogen and oxygen atoms in total. The van der Waals surface area contributed by atoms with Gasteiger partial charge in [0, 0.05) is 19.3 Å². The normalized spacial score (nSPS) is 15.6. The van der Waals surface area contributed by atoms with Gasteiger partial charge in [0.05, 0.1) is 24.6 Å². The zero-order valence-electron chi connectivity index (χ0n) is 16.6. The lowest BCUT2D eigenvalue weighted by Gasteiger charge is -2.24. The first-order valence-corrected chi connectivity index (χ1v) is 9.26. The molecule has 1 aliphatic heterocycles. The molecule has 0 spiro atoms. The van der Waals surface area contributed by atoms with Gasteiger partial charge in [-0.25, -0.2) is 13.6 Å². The lowest BCUT2D eigenvalue weighted by molar-refractivity contribution is 0.0694. The van der Waals surface area contributed by atoms with E-state index in [1.54, 1.807) is 4.90 Å². The van der Waals surface area contributed by atoms with Crippen molar-refractivity contribution >= 4 is 30.1 Å². The summed E-state index contributed by atoms with van der Waals surface area (Å²) in [5.41, 5.74) is 4.68. The van der Waals surface area contributed by atoms with Crippen LogP contribution in [0.4, 0.5) is 27.4 Å². The van der Waals surface area contributed by atoms with Gasteiger partial charge in [0.2, 0.25) is 5.43 Å².